The van der Waals surface area contributed by atoms with E-state index in [9.17, 15) is 9.59 Å². The van der Waals surface area contributed by atoms with E-state index in [0.717, 1.165) is 28.1 Å². The number of hydrogen-bond donors (Lipinski definition) is 3. The molecule has 2 amide bonds. The van der Waals surface area contributed by atoms with Gasteiger partial charge in [0.25, 0.3) is 5.91 Å². The third kappa shape index (κ3) is 5.07. The highest BCUT2D eigenvalue weighted by Gasteiger charge is 2.16. The average Bonchev–Trinajstić information content (AvgIpc) is 3.31. The van der Waals surface area contributed by atoms with Crippen molar-refractivity contribution in [2.45, 2.75) is 20.4 Å². The molecule has 2 aromatic carbocycles. The van der Waals surface area contributed by atoms with Crippen LogP contribution in [0.15, 0.2) is 67.0 Å². The number of hydrogen-bond acceptors (Lipinski definition) is 5. The second kappa shape index (κ2) is 10.1. The number of amides is 2. The fourth-order valence-corrected chi connectivity index (χ4v) is 3.72. The summed E-state index contributed by atoms with van der Waals surface area (Å²) in [5, 5.41) is 17.2. The summed E-state index contributed by atoms with van der Waals surface area (Å²) in [4.78, 5) is 24.1. The van der Waals surface area contributed by atoms with E-state index in [1.54, 1.807) is 16.8 Å². The van der Waals surface area contributed by atoms with Gasteiger partial charge in [-0.25, -0.2) is 0 Å². The molecule has 0 aliphatic heterocycles. The molecule has 3 N–H and O–H groups in total. The van der Waals surface area contributed by atoms with E-state index in [-0.39, 0.29) is 11.8 Å². The van der Waals surface area contributed by atoms with E-state index in [4.69, 9.17) is 0 Å². The first-order valence-electron chi connectivity index (χ1n) is 10.8. The highest BCUT2D eigenvalue weighted by molar-refractivity contribution is 6.08. The maximum atomic E-state index is 13.2. The molecule has 0 spiro atoms. The highest BCUT2D eigenvalue weighted by atomic mass is 16.2. The van der Waals surface area contributed by atoms with Crippen molar-refractivity contribution in [3.8, 4) is 11.1 Å². The standard InChI is InChI=1S/C25H26N6O2/c1-17-21(19-7-4-3-5-8-19)9-6-10-23(17)29-25(33)22-12-11-20(31-16-28-30-24(22)31)15-26-13-14-27-18(2)32/h3-12,16,26H,13-15H2,1-2H3,(H,27,32)(H,29,33). The van der Waals surface area contributed by atoms with Crippen molar-refractivity contribution < 1.29 is 9.59 Å². The smallest absolute Gasteiger partial charge is 0.259 e. The Morgan fingerprint density at radius 1 is 0.970 bits per heavy atom. The van der Waals surface area contributed by atoms with Gasteiger partial charge in [-0.3, -0.25) is 14.0 Å². The van der Waals surface area contributed by atoms with Crippen molar-refractivity contribution in [2.75, 3.05) is 18.4 Å². The summed E-state index contributed by atoms with van der Waals surface area (Å²) in [5.41, 5.74) is 5.77. The summed E-state index contributed by atoms with van der Waals surface area (Å²) in [6.07, 6.45) is 1.60. The SMILES string of the molecule is CC(=O)NCCNCc1ccc(C(=O)Nc2cccc(-c3ccccc3)c2C)c2nncn12. The van der Waals surface area contributed by atoms with E-state index >= 15 is 0 Å². The van der Waals surface area contributed by atoms with Crippen LogP contribution in [0.2, 0.25) is 0 Å². The number of aromatic nitrogens is 3. The molecule has 0 fully saturated rings. The number of carbonyl (C=O) groups is 2. The van der Waals surface area contributed by atoms with Crippen LogP contribution in [0.3, 0.4) is 0 Å². The van der Waals surface area contributed by atoms with E-state index in [0.29, 0.717) is 30.8 Å². The molecule has 4 rings (SSSR count). The Kier molecular flexibility index (Phi) is 6.75. The van der Waals surface area contributed by atoms with Crippen LogP contribution in [-0.4, -0.2) is 39.5 Å². The van der Waals surface area contributed by atoms with Crippen LogP contribution in [-0.2, 0) is 11.3 Å². The van der Waals surface area contributed by atoms with Crippen LogP contribution in [0, 0.1) is 6.92 Å². The molecule has 0 bridgehead atoms. The molecule has 8 nitrogen and oxygen atoms in total. The Bertz CT molecular complexity index is 1280. The molecule has 0 unspecified atom stereocenters. The molecule has 0 saturated carbocycles. The zero-order valence-corrected chi connectivity index (χ0v) is 18.6. The molecule has 4 aromatic rings. The summed E-state index contributed by atoms with van der Waals surface area (Å²) in [6.45, 7) is 5.21. The summed E-state index contributed by atoms with van der Waals surface area (Å²) >= 11 is 0. The molecular formula is C25H26N6O2. The van der Waals surface area contributed by atoms with Gasteiger partial charge in [-0.15, -0.1) is 10.2 Å². The third-order valence-corrected chi connectivity index (χ3v) is 5.43. The maximum Gasteiger partial charge on any atom is 0.259 e. The largest absolute Gasteiger partial charge is 0.355 e. The minimum atomic E-state index is -0.244. The Labute approximate surface area is 192 Å². The number of anilines is 1. The first-order valence-corrected chi connectivity index (χ1v) is 10.8. The molecule has 168 valence electrons. The number of nitrogens with zero attached hydrogens (tertiary/aromatic N) is 3. The monoisotopic (exact) mass is 442 g/mol. The van der Waals surface area contributed by atoms with Crippen LogP contribution < -0.4 is 16.0 Å². The lowest BCUT2D eigenvalue weighted by molar-refractivity contribution is -0.118. The van der Waals surface area contributed by atoms with Gasteiger partial charge in [0.1, 0.15) is 6.33 Å². The van der Waals surface area contributed by atoms with Crippen molar-refractivity contribution >= 4 is 23.1 Å². The van der Waals surface area contributed by atoms with E-state index in [2.05, 4.69) is 38.3 Å². The normalized spacial score (nSPS) is 10.8. The number of benzene rings is 2. The molecule has 2 heterocycles. The molecule has 0 atom stereocenters. The maximum absolute atomic E-state index is 13.2. The fraction of sp³-hybridized carbons (Fsp3) is 0.200. The van der Waals surface area contributed by atoms with Crippen molar-refractivity contribution in [3.05, 3.63) is 83.8 Å². The van der Waals surface area contributed by atoms with Crippen molar-refractivity contribution in [3.63, 3.8) is 0 Å². The quantitative estimate of drug-likeness (QED) is 0.364. The minimum Gasteiger partial charge on any atom is -0.355 e. The van der Waals surface area contributed by atoms with Crippen LogP contribution in [0.4, 0.5) is 5.69 Å². The number of rotatable bonds is 8. The summed E-state index contributed by atoms with van der Waals surface area (Å²) in [7, 11) is 0. The molecule has 33 heavy (non-hydrogen) atoms. The Morgan fingerprint density at radius 2 is 1.79 bits per heavy atom. The third-order valence-electron chi connectivity index (χ3n) is 5.43. The Morgan fingerprint density at radius 3 is 2.58 bits per heavy atom. The predicted molar refractivity (Wildman–Crippen MR) is 128 cm³/mol. The Hall–Kier alpha value is -4.04. The fourth-order valence-electron chi connectivity index (χ4n) is 3.72. The van der Waals surface area contributed by atoms with Gasteiger partial charge < -0.3 is 16.0 Å². The average molecular weight is 443 g/mol. The number of pyridine rings is 1. The van der Waals surface area contributed by atoms with Crippen LogP contribution >= 0.6 is 0 Å². The first kappa shape index (κ1) is 22.2. The Balaban J connectivity index is 1.52. The van der Waals surface area contributed by atoms with Gasteiger partial charge in [0.2, 0.25) is 5.91 Å². The number of fused-ring (bicyclic) bond motifs is 1. The number of nitrogens with one attached hydrogen (secondary N) is 3. The predicted octanol–water partition coefficient (Wildman–Crippen LogP) is 3.18. The molecule has 0 saturated heterocycles. The van der Waals surface area contributed by atoms with Gasteiger partial charge in [-0.2, -0.15) is 0 Å². The zero-order valence-electron chi connectivity index (χ0n) is 18.6. The van der Waals surface area contributed by atoms with Gasteiger partial charge in [0, 0.05) is 37.9 Å². The van der Waals surface area contributed by atoms with E-state index in [1.807, 2.05) is 49.4 Å². The lowest BCUT2D eigenvalue weighted by Crippen LogP contribution is -2.30. The lowest BCUT2D eigenvalue weighted by Gasteiger charge is -2.14. The van der Waals surface area contributed by atoms with Gasteiger partial charge in [-0.05, 0) is 41.8 Å². The molecule has 0 aliphatic carbocycles. The summed E-state index contributed by atoms with van der Waals surface area (Å²) in [6, 6.07) is 19.6. The van der Waals surface area contributed by atoms with E-state index in [1.165, 1.54) is 6.92 Å². The summed E-state index contributed by atoms with van der Waals surface area (Å²) < 4.78 is 1.80. The summed E-state index contributed by atoms with van der Waals surface area (Å²) in [5.74, 6) is -0.301. The molecule has 0 radical (unpaired) electrons. The van der Waals surface area contributed by atoms with Crippen molar-refractivity contribution in [2.24, 2.45) is 0 Å². The van der Waals surface area contributed by atoms with E-state index < -0.39 is 0 Å². The second-order valence-corrected chi connectivity index (χ2v) is 7.72. The van der Waals surface area contributed by atoms with Gasteiger partial charge in [0.15, 0.2) is 5.65 Å². The lowest BCUT2D eigenvalue weighted by atomic mass is 9.99. The zero-order chi connectivity index (χ0) is 23.2. The molecule has 2 aromatic heterocycles. The number of carbonyl (C=O) groups excluding carboxylic acids is 2. The van der Waals surface area contributed by atoms with Crippen LogP contribution in [0.25, 0.3) is 16.8 Å². The second-order valence-electron chi connectivity index (χ2n) is 7.72. The first-order chi connectivity index (χ1) is 16.0. The minimum absolute atomic E-state index is 0.0575. The molecular weight excluding hydrogens is 416 g/mol. The van der Waals surface area contributed by atoms with Gasteiger partial charge in [0.05, 0.1) is 5.56 Å². The van der Waals surface area contributed by atoms with Crippen molar-refractivity contribution in [1.29, 1.82) is 0 Å². The molecule has 8 heteroatoms. The van der Waals surface area contributed by atoms with Crippen LogP contribution in [0.1, 0.15) is 28.5 Å². The van der Waals surface area contributed by atoms with Crippen LogP contribution in [0.5, 0.6) is 0 Å². The van der Waals surface area contributed by atoms with Crippen molar-refractivity contribution in [1.82, 2.24) is 25.2 Å². The molecule has 0 aliphatic rings. The topological polar surface area (TPSA) is 100 Å². The highest BCUT2D eigenvalue weighted by Crippen LogP contribution is 2.28. The van der Waals surface area contributed by atoms with Gasteiger partial charge >= 0.3 is 0 Å². The van der Waals surface area contributed by atoms with Gasteiger partial charge in [-0.1, -0.05) is 42.5 Å².